The van der Waals surface area contributed by atoms with Crippen molar-refractivity contribution >= 4 is 45.8 Å². The zero-order valence-corrected chi connectivity index (χ0v) is 11.3. The molecule has 0 radical (unpaired) electrons. The van der Waals surface area contributed by atoms with Gasteiger partial charge in [0.1, 0.15) is 5.82 Å². The van der Waals surface area contributed by atoms with Gasteiger partial charge in [0, 0.05) is 10.6 Å². The second-order valence-corrected chi connectivity index (χ2v) is 5.07. The molecule has 0 saturated carbocycles. The predicted octanol–water partition coefficient (Wildman–Crippen LogP) is 5.19. The molecule has 0 amide bonds. The first-order valence-corrected chi connectivity index (χ1v) is 6.38. The number of H-pyrrole nitrogens is 1. The fourth-order valence-electron chi connectivity index (χ4n) is 1.80. The molecule has 0 aliphatic carbocycles. The first-order chi connectivity index (χ1) is 8.65. The van der Waals surface area contributed by atoms with Gasteiger partial charge in [-0.2, -0.15) is 0 Å². The van der Waals surface area contributed by atoms with Crippen LogP contribution in [-0.2, 0) is 0 Å². The maximum absolute atomic E-state index is 6.17. The Morgan fingerprint density at radius 3 is 2.67 bits per heavy atom. The lowest BCUT2D eigenvalue weighted by Crippen LogP contribution is -1.82. The number of benzene rings is 2. The molecular weight excluding hydrogens is 291 g/mol. The molecule has 0 aliphatic heterocycles. The number of aromatic amines is 1. The molecule has 1 aromatic heterocycles. The summed E-state index contributed by atoms with van der Waals surface area (Å²) in [6.07, 6.45) is 0. The smallest absolute Gasteiger partial charge is 0.140 e. The average molecular weight is 298 g/mol. The van der Waals surface area contributed by atoms with Crippen LogP contribution in [0.1, 0.15) is 0 Å². The van der Waals surface area contributed by atoms with Crippen LogP contribution in [0.15, 0.2) is 36.4 Å². The van der Waals surface area contributed by atoms with Gasteiger partial charge < -0.3 is 4.98 Å². The van der Waals surface area contributed by atoms with Crippen molar-refractivity contribution in [2.45, 2.75) is 0 Å². The van der Waals surface area contributed by atoms with Crippen LogP contribution in [0.2, 0.25) is 15.1 Å². The summed E-state index contributed by atoms with van der Waals surface area (Å²) >= 11 is 18.1. The first kappa shape index (κ1) is 11.8. The topological polar surface area (TPSA) is 28.7 Å². The van der Waals surface area contributed by atoms with E-state index in [1.54, 1.807) is 12.1 Å². The van der Waals surface area contributed by atoms with Gasteiger partial charge in [-0.05, 0) is 30.3 Å². The summed E-state index contributed by atoms with van der Waals surface area (Å²) < 4.78 is 0. The summed E-state index contributed by atoms with van der Waals surface area (Å²) in [5.74, 6) is 0.680. The predicted molar refractivity (Wildman–Crippen MR) is 76.6 cm³/mol. The highest BCUT2D eigenvalue weighted by Crippen LogP contribution is 2.33. The number of hydrogen-bond donors (Lipinski definition) is 1. The number of nitrogens with one attached hydrogen (secondary N) is 1. The van der Waals surface area contributed by atoms with Crippen LogP contribution < -0.4 is 0 Å². The minimum absolute atomic E-state index is 0.490. The van der Waals surface area contributed by atoms with Gasteiger partial charge in [0.25, 0.3) is 0 Å². The maximum atomic E-state index is 6.17. The summed E-state index contributed by atoms with van der Waals surface area (Å²) in [6, 6.07) is 10.9. The van der Waals surface area contributed by atoms with Crippen molar-refractivity contribution in [2.75, 3.05) is 0 Å². The summed E-state index contributed by atoms with van der Waals surface area (Å²) in [5, 5.41) is 1.66. The van der Waals surface area contributed by atoms with E-state index in [9.17, 15) is 0 Å². The molecule has 2 nitrogen and oxygen atoms in total. The van der Waals surface area contributed by atoms with Crippen molar-refractivity contribution in [1.82, 2.24) is 9.97 Å². The van der Waals surface area contributed by atoms with Crippen LogP contribution in [0.4, 0.5) is 0 Å². The molecule has 18 heavy (non-hydrogen) atoms. The van der Waals surface area contributed by atoms with E-state index in [1.807, 2.05) is 24.3 Å². The Kier molecular flexibility index (Phi) is 2.94. The van der Waals surface area contributed by atoms with Gasteiger partial charge in [-0.15, -0.1) is 0 Å². The SMILES string of the molecule is Clc1ccc2nc(-c3cccc(Cl)c3Cl)[nH]c2c1. The van der Waals surface area contributed by atoms with Crippen molar-refractivity contribution in [3.63, 3.8) is 0 Å². The van der Waals surface area contributed by atoms with Crippen molar-refractivity contribution in [3.8, 4) is 11.4 Å². The second kappa shape index (κ2) is 4.47. The highest BCUT2D eigenvalue weighted by Gasteiger charge is 2.11. The van der Waals surface area contributed by atoms with Crippen LogP contribution in [0.25, 0.3) is 22.4 Å². The number of fused-ring (bicyclic) bond motifs is 1. The molecule has 0 unspecified atom stereocenters. The fourth-order valence-corrected chi connectivity index (χ4v) is 2.36. The average Bonchev–Trinajstić information content (AvgIpc) is 2.75. The van der Waals surface area contributed by atoms with Crippen molar-refractivity contribution in [1.29, 1.82) is 0 Å². The zero-order chi connectivity index (χ0) is 12.7. The Balaban J connectivity index is 2.22. The van der Waals surface area contributed by atoms with E-state index in [1.165, 1.54) is 0 Å². The zero-order valence-electron chi connectivity index (χ0n) is 9.05. The van der Waals surface area contributed by atoms with E-state index >= 15 is 0 Å². The Labute approximate surface area is 119 Å². The lowest BCUT2D eigenvalue weighted by atomic mass is 10.2. The number of rotatable bonds is 1. The maximum Gasteiger partial charge on any atom is 0.140 e. The third-order valence-electron chi connectivity index (χ3n) is 2.65. The lowest BCUT2D eigenvalue weighted by Gasteiger charge is -2.01. The van der Waals surface area contributed by atoms with Gasteiger partial charge in [-0.1, -0.05) is 40.9 Å². The van der Waals surface area contributed by atoms with Crippen molar-refractivity contribution in [2.24, 2.45) is 0 Å². The Hall–Kier alpha value is -1.22. The summed E-state index contributed by atoms with van der Waals surface area (Å²) in [6.45, 7) is 0. The molecule has 0 fully saturated rings. The minimum atomic E-state index is 0.490. The normalized spacial score (nSPS) is 11.1. The van der Waals surface area contributed by atoms with Crippen molar-refractivity contribution in [3.05, 3.63) is 51.5 Å². The monoisotopic (exact) mass is 296 g/mol. The molecular formula is C13H7Cl3N2. The van der Waals surface area contributed by atoms with E-state index in [0.717, 1.165) is 16.6 Å². The molecule has 0 bridgehead atoms. The number of aromatic nitrogens is 2. The van der Waals surface area contributed by atoms with E-state index in [2.05, 4.69) is 9.97 Å². The Morgan fingerprint density at radius 1 is 1.00 bits per heavy atom. The molecule has 0 aliphatic rings. The van der Waals surface area contributed by atoms with Crippen LogP contribution in [-0.4, -0.2) is 9.97 Å². The standard InChI is InChI=1S/C13H7Cl3N2/c14-7-4-5-10-11(6-7)18-13(17-10)8-2-1-3-9(15)12(8)16/h1-6H,(H,17,18). The molecule has 1 N–H and O–H groups in total. The Morgan fingerprint density at radius 2 is 1.83 bits per heavy atom. The molecule has 0 saturated heterocycles. The lowest BCUT2D eigenvalue weighted by molar-refractivity contribution is 1.34. The number of hydrogen-bond acceptors (Lipinski definition) is 1. The quantitative estimate of drug-likeness (QED) is 0.658. The van der Waals surface area contributed by atoms with Crippen LogP contribution in [0.5, 0.6) is 0 Å². The summed E-state index contributed by atoms with van der Waals surface area (Å²) in [4.78, 5) is 7.65. The highest BCUT2D eigenvalue weighted by atomic mass is 35.5. The molecule has 90 valence electrons. The van der Waals surface area contributed by atoms with Gasteiger partial charge in [0.05, 0.1) is 21.1 Å². The van der Waals surface area contributed by atoms with Gasteiger partial charge in [-0.3, -0.25) is 0 Å². The van der Waals surface area contributed by atoms with E-state index < -0.39 is 0 Å². The van der Waals surface area contributed by atoms with Crippen molar-refractivity contribution < 1.29 is 0 Å². The van der Waals surface area contributed by atoms with Gasteiger partial charge in [0.2, 0.25) is 0 Å². The van der Waals surface area contributed by atoms with E-state index in [0.29, 0.717) is 20.9 Å². The number of nitrogens with zero attached hydrogens (tertiary/aromatic N) is 1. The van der Waals surface area contributed by atoms with Crippen LogP contribution >= 0.6 is 34.8 Å². The number of imidazole rings is 1. The Bertz CT molecular complexity index is 734. The van der Waals surface area contributed by atoms with E-state index in [4.69, 9.17) is 34.8 Å². The third-order valence-corrected chi connectivity index (χ3v) is 3.70. The van der Waals surface area contributed by atoms with E-state index in [-0.39, 0.29) is 0 Å². The molecule has 5 heteroatoms. The first-order valence-electron chi connectivity index (χ1n) is 5.25. The van der Waals surface area contributed by atoms with Crippen LogP contribution in [0.3, 0.4) is 0 Å². The molecule has 2 aromatic carbocycles. The minimum Gasteiger partial charge on any atom is -0.338 e. The van der Waals surface area contributed by atoms with Crippen LogP contribution in [0, 0.1) is 0 Å². The van der Waals surface area contributed by atoms with Gasteiger partial charge in [0.15, 0.2) is 0 Å². The third kappa shape index (κ3) is 1.97. The molecule has 3 rings (SSSR count). The second-order valence-electron chi connectivity index (χ2n) is 3.85. The molecule has 3 aromatic rings. The fraction of sp³-hybridized carbons (Fsp3) is 0. The molecule has 1 heterocycles. The number of halogens is 3. The molecule has 0 spiro atoms. The highest BCUT2D eigenvalue weighted by molar-refractivity contribution is 6.43. The largest absolute Gasteiger partial charge is 0.338 e. The summed E-state index contributed by atoms with van der Waals surface area (Å²) in [5.41, 5.74) is 2.48. The van der Waals surface area contributed by atoms with Gasteiger partial charge in [-0.25, -0.2) is 4.98 Å². The van der Waals surface area contributed by atoms with Gasteiger partial charge >= 0.3 is 0 Å². The molecule has 0 atom stereocenters. The summed E-state index contributed by atoms with van der Waals surface area (Å²) in [7, 11) is 0.